The van der Waals surface area contributed by atoms with Crippen molar-refractivity contribution in [3.05, 3.63) is 59.7 Å². The Labute approximate surface area is 206 Å². The highest BCUT2D eigenvalue weighted by Gasteiger charge is 2.40. The molecule has 3 atom stereocenters. The number of imidazole rings is 1. The van der Waals surface area contributed by atoms with E-state index < -0.39 is 51.6 Å². The van der Waals surface area contributed by atoms with Gasteiger partial charge in [-0.1, -0.05) is 18.2 Å². The van der Waals surface area contributed by atoms with E-state index in [2.05, 4.69) is 19.5 Å². The first-order chi connectivity index (χ1) is 16.9. The Kier molecular flexibility index (Phi) is 6.18. The molecule has 5 N–H and O–H groups in total. The number of aromatic nitrogens is 5. The van der Waals surface area contributed by atoms with Crippen molar-refractivity contribution in [3.63, 3.8) is 0 Å². The molecule has 0 spiro atoms. The highest BCUT2D eigenvalue weighted by molar-refractivity contribution is 7.70. The summed E-state index contributed by atoms with van der Waals surface area (Å²) in [7, 11) is -9.57. The summed E-state index contributed by atoms with van der Waals surface area (Å²) >= 11 is 6.19. The second kappa shape index (κ2) is 8.94. The van der Waals surface area contributed by atoms with E-state index in [1.807, 2.05) is 30.3 Å². The van der Waals surface area contributed by atoms with Gasteiger partial charge in [-0.2, -0.15) is 9.97 Å². The van der Waals surface area contributed by atoms with Gasteiger partial charge in [-0.25, -0.2) is 4.98 Å². The minimum atomic E-state index is -4.85. The molecule has 190 valence electrons. The van der Waals surface area contributed by atoms with Gasteiger partial charge in [0.05, 0.1) is 5.52 Å². The second-order valence-corrected chi connectivity index (χ2v) is 12.2. The fourth-order valence-corrected chi connectivity index (χ4v) is 6.49. The number of hydrogen-bond acceptors (Lipinski definition) is 9. The summed E-state index contributed by atoms with van der Waals surface area (Å²) in [4.78, 5) is 40.3. The van der Waals surface area contributed by atoms with Crippen LogP contribution in [0.15, 0.2) is 54.4 Å². The van der Waals surface area contributed by atoms with E-state index in [-0.39, 0.29) is 10.9 Å². The molecule has 0 saturated carbocycles. The molecular weight excluding hydrogens is 540 g/mol. The van der Waals surface area contributed by atoms with Gasteiger partial charge < -0.3 is 29.6 Å². The molecule has 5 rings (SSSR count). The Morgan fingerprint density at radius 2 is 1.89 bits per heavy atom. The predicted octanol–water partition coefficient (Wildman–Crippen LogP) is 2.42. The first kappa shape index (κ1) is 24.9. The van der Waals surface area contributed by atoms with Crippen LogP contribution in [0.1, 0.15) is 6.23 Å². The van der Waals surface area contributed by atoms with Crippen LogP contribution in [-0.2, 0) is 18.4 Å². The minimum absolute atomic E-state index is 0.121. The van der Waals surface area contributed by atoms with Crippen LogP contribution >= 0.6 is 26.8 Å². The topological polar surface area (TPSA) is 202 Å². The summed E-state index contributed by atoms with van der Waals surface area (Å²) < 4.78 is 36.2. The number of benzene rings is 1. The number of nitrogens with zero attached hydrogens (tertiary/aromatic N) is 5. The molecule has 1 aliphatic heterocycles. The zero-order valence-electron chi connectivity index (χ0n) is 18.0. The van der Waals surface area contributed by atoms with Crippen LogP contribution in [0.5, 0.6) is 0 Å². The van der Waals surface area contributed by atoms with E-state index in [1.54, 1.807) is 10.8 Å². The molecule has 3 aromatic heterocycles. The summed E-state index contributed by atoms with van der Waals surface area (Å²) in [6.07, 6.45) is 0.121. The molecule has 0 bridgehead atoms. The Balaban J connectivity index is 1.46. The first-order valence-corrected chi connectivity index (χ1v) is 14.1. The average Bonchev–Trinajstić information content (AvgIpc) is 3.47. The Bertz CT molecular complexity index is 1610. The maximum atomic E-state index is 11.9. The number of halogens is 1. The molecule has 1 aromatic carbocycles. The first-order valence-electron chi connectivity index (χ1n) is 10.2. The van der Waals surface area contributed by atoms with Crippen molar-refractivity contribution in [1.82, 2.24) is 24.1 Å². The lowest BCUT2D eigenvalue weighted by atomic mass is 10.2. The molecule has 0 saturated heterocycles. The lowest BCUT2D eigenvalue weighted by Gasteiger charge is -2.18. The molecular formula is C19H18ClN5O9P2. The molecule has 0 aliphatic carbocycles. The van der Waals surface area contributed by atoms with E-state index in [0.29, 0.717) is 11.3 Å². The predicted molar refractivity (Wildman–Crippen MR) is 126 cm³/mol. The Morgan fingerprint density at radius 1 is 1.14 bits per heavy atom. The van der Waals surface area contributed by atoms with Gasteiger partial charge in [0.1, 0.15) is 12.9 Å². The molecule has 17 heteroatoms. The van der Waals surface area contributed by atoms with E-state index in [1.165, 1.54) is 10.9 Å². The summed E-state index contributed by atoms with van der Waals surface area (Å²) in [5.41, 5.74) is 1.31. The van der Waals surface area contributed by atoms with E-state index in [0.717, 1.165) is 10.9 Å². The highest BCUT2D eigenvalue weighted by Crippen LogP contribution is 2.55. The van der Waals surface area contributed by atoms with Crippen molar-refractivity contribution in [2.45, 2.75) is 12.3 Å². The monoisotopic (exact) mass is 557 g/mol. The third-order valence-corrected chi connectivity index (χ3v) is 8.94. The number of fused-ring (bicyclic) bond motifs is 2. The van der Waals surface area contributed by atoms with E-state index in [4.69, 9.17) is 26.1 Å². The lowest BCUT2D eigenvalue weighted by molar-refractivity contribution is -0.0112. The minimum Gasteiger partial charge on any atom is -0.506 e. The standard InChI is InChI=1S/C19H18ClN5O9P2/c20-19-22-16(24-6-5-10-3-1-2-4-11(10)24)13-17(23-19)25(8-21-13)18-15(27)14(26)12(34-18)7-33-36(31,32)9-35(28,29)30/h1-6,8,15,18,26-27H,7,9H2,(H,31,32)(H2,28,29,30)/t15?,18-/m1/s1. The van der Waals surface area contributed by atoms with Crippen LogP contribution < -0.4 is 0 Å². The summed E-state index contributed by atoms with van der Waals surface area (Å²) in [5.74, 6) is -2.17. The number of ether oxygens (including phenoxy) is 1. The van der Waals surface area contributed by atoms with Gasteiger partial charge in [0, 0.05) is 6.20 Å². The fraction of sp³-hybridized carbons (Fsp3) is 0.211. The van der Waals surface area contributed by atoms with Crippen molar-refractivity contribution in [1.29, 1.82) is 0 Å². The van der Waals surface area contributed by atoms with E-state index >= 15 is 0 Å². The average molecular weight is 558 g/mol. The van der Waals surface area contributed by atoms with Crippen molar-refractivity contribution in [2.24, 2.45) is 0 Å². The van der Waals surface area contributed by atoms with Crippen LogP contribution in [0.3, 0.4) is 0 Å². The van der Waals surface area contributed by atoms with Gasteiger partial charge in [-0.3, -0.25) is 22.8 Å². The van der Waals surface area contributed by atoms with Crippen LogP contribution in [0.25, 0.3) is 27.9 Å². The number of rotatable bonds is 7. The number of para-hydroxylation sites is 1. The van der Waals surface area contributed by atoms with Gasteiger partial charge in [0.2, 0.25) is 11.5 Å². The van der Waals surface area contributed by atoms with Crippen LogP contribution in [0.4, 0.5) is 0 Å². The van der Waals surface area contributed by atoms with E-state index in [9.17, 15) is 24.2 Å². The summed E-state index contributed by atoms with van der Waals surface area (Å²) in [6.45, 7) is -0.837. The third kappa shape index (κ3) is 4.65. The van der Waals surface area contributed by atoms with Crippen LogP contribution in [0.2, 0.25) is 5.28 Å². The molecule has 0 radical (unpaired) electrons. The molecule has 0 fully saturated rings. The molecule has 4 aromatic rings. The molecule has 0 amide bonds. The van der Waals surface area contributed by atoms with Crippen LogP contribution in [0, 0.1) is 0 Å². The van der Waals surface area contributed by atoms with Gasteiger partial charge >= 0.3 is 15.2 Å². The van der Waals surface area contributed by atoms with Gasteiger partial charge in [0.25, 0.3) is 0 Å². The van der Waals surface area contributed by atoms with Crippen molar-refractivity contribution in [3.8, 4) is 5.82 Å². The number of aliphatic hydroxyl groups is 2. The maximum absolute atomic E-state index is 11.9. The van der Waals surface area contributed by atoms with Crippen molar-refractivity contribution >= 4 is 48.9 Å². The zero-order valence-corrected chi connectivity index (χ0v) is 20.5. The van der Waals surface area contributed by atoms with Gasteiger partial charge in [-0.15, -0.1) is 0 Å². The number of aliphatic hydroxyl groups excluding tert-OH is 2. The quantitative estimate of drug-likeness (QED) is 0.164. The van der Waals surface area contributed by atoms with Crippen molar-refractivity contribution < 1.29 is 43.3 Å². The Morgan fingerprint density at radius 3 is 2.64 bits per heavy atom. The highest BCUT2D eigenvalue weighted by atomic mass is 35.5. The van der Waals surface area contributed by atoms with Gasteiger partial charge in [0.15, 0.2) is 40.5 Å². The molecule has 14 nitrogen and oxygen atoms in total. The molecule has 36 heavy (non-hydrogen) atoms. The van der Waals surface area contributed by atoms with Crippen LogP contribution in [-0.4, -0.2) is 67.6 Å². The van der Waals surface area contributed by atoms with Crippen molar-refractivity contribution in [2.75, 3.05) is 12.5 Å². The fourth-order valence-electron chi connectivity index (χ4n) is 3.82. The van der Waals surface area contributed by atoms with Gasteiger partial charge in [-0.05, 0) is 29.1 Å². The zero-order chi connectivity index (χ0) is 25.8. The third-order valence-electron chi connectivity index (χ3n) is 5.34. The lowest BCUT2D eigenvalue weighted by Crippen LogP contribution is -2.22. The molecule has 4 heterocycles. The maximum Gasteiger partial charge on any atom is 0.340 e. The summed E-state index contributed by atoms with van der Waals surface area (Å²) in [5, 5.41) is 21.7. The summed E-state index contributed by atoms with van der Waals surface area (Å²) in [6, 6.07) is 9.46. The molecule has 1 aliphatic rings. The largest absolute Gasteiger partial charge is 0.506 e. The number of hydrogen-bond donors (Lipinski definition) is 5. The normalized spacial score (nSPS) is 20.2. The molecule has 2 unspecified atom stereocenters. The Hall–Kier alpha value is -2.80. The second-order valence-electron chi connectivity index (χ2n) is 7.86. The smallest absolute Gasteiger partial charge is 0.340 e. The SMILES string of the molecule is O=P(O)(O)CP(=O)(O)OCC1=C(O)C(O)[C@H](n2cnc3c(-n4ccc5ccccc54)nc(Cl)nc32)O1.